The molecule has 5 rings (SSSR count). The van der Waals surface area contributed by atoms with Crippen LogP contribution >= 0.6 is 0 Å². The van der Waals surface area contributed by atoms with Gasteiger partial charge >= 0.3 is 6.09 Å². The molecule has 6 N–H and O–H groups in total. The van der Waals surface area contributed by atoms with Crippen molar-refractivity contribution in [2.24, 2.45) is 0 Å². The lowest BCUT2D eigenvalue weighted by molar-refractivity contribution is -0.120. The van der Waals surface area contributed by atoms with Crippen molar-refractivity contribution >= 4 is 39.7 Å². The minimum atomic E-state index is -0.629. The summed E-state index contributed by atoms with van der Waals surface area (Å²) in [7, 11) is 3.02. The Morgan fingerprint density at radius 2 is 1.53 bits per heavy atom. The summed E-state index contributed by atoms with van der Waals surface area (Å²) in [5.41, 5.74) is 6.23. The highest BCUT2D eigenvalue weighted by atomic mass is 16.5. The predicted molar refractivity (Wildman–Crippen MR) is 183 cm³/mol. The third-order valence-electron chi connectivity index (χ3n) is 7.90. The number of alkyl carbamates (subject to hydrolysis) is 1. The second-order valence-corrected chi connectivity index (χ2v) is 11.4. The van der Waals surface area contributed by atoms with Crippen LogP contribution in [0.3, 0.4) is 0 Å². The largest absolute Gasteiger partial charge is 0.453 e. The standard InChI is InChI=1S/C35H42N8O4/c1-36-21-33(44)37-16-5-3-10-31-39-20-30(43-31)25-12-14-27-23(18-25)8-7-9-26(27)24-13-15-28-29(19-24)42-32(41-28)11-4-6-17-38-34(45)22-40-35(46)47-2/h7-9,12-15,18-20,36H,3-6,10-11,16-17,21-22H2,1-2H3,(H,37,44)(H,38,45)(H,39,43)(H,40,46)(H,41,42). The van der Waals surface area contributed by atoms with Gasteiger partial charge in [0.15, 0.2) is 0 Å². The Balaban J connectivity index is 1.17. The van der Waals surface area contributed by atoms with Crippen LogP contribution in [-0.4, -0.2) is 78.2 Å². The maximum absolute atomic E-state index is 11.8. The van der Waals surface area contributed by atoms with Crippen LogP contribution < -0.4 is 21.3 Å². The molecule has 0 aliphatic heterocycles. The Morgan fingerprint density at radius 3 is 2.30 bits per heavy atom. The number of aryl methyl sites for hydroxylation is 2. The number of aromatic nitrogens is 4. The normalized spacial score (nSPS) is 11.1. The number of carbonyl (C=O) groups is 3. The van der Waals surface area contributed by atoms with Crippen LogP contribution in [0.4, 0.5) is 4.79 Å². The van der Waals surface area contributed by atoms with E-state index < -0.39 is 6.09 Å². The van der Waals surface area contributed by atoms with Gasteiger partial charge in [-0.3, -0.25) is 9.59 Å². The Kier molecular flexibility index (Phi) is 11.5. The number of nitrogens with zero attached hydrogens (tertiary/aromatic N) is 2. The lowest BCUT2D eigenvalue weighted by Gasteiger charge is -2.09. The van der Waals surface area contributed by atoms with Crippen molar-refractivity contribution in [2.45, 2.75) is 38.5 Å². The monoisotopic (exact) mass is 638 g/mol. The number of fused-ring (bicyclic) bond motifs is 2. The maximum atomic E-state index is 11.8. The summed E-state index contributed by atoms with van der Waals surface area (Å²) in [5.74, 6) is 1.62. The molecule has 0 aliphatic carbocycles. The van der Waals surface area contributed by atoms with Gasteiger partial charge in [0, 0.05) is 31.5 Å². The zero-order valence-electron chi connectivity index (χ0n) is 26.9. The van der Waals surface area contributed by atoms with Gasteiger partial charge in [0.25, 0.3) is 0 Å². The molecule has 0 radical (unpaired) electrons. The van der Waals surface area contributed by atoms with E-state index >= 15 is 0 Å². The molecule has 12 nitrogen and oxygen atoms in total. The van der Waals surface area contributed by atoms with E-state index in [4.69, 9.17) is 4.98 Å². The fourth-order valence-corrected chi connectivity index (χ4v) is 5.49. The molecule has 3 amide bonds. The summed E-state index contributed by atoms with van der Waals surface area (Å²) < 4.78 is 4.46. The highest BCUT2D eigenvalue weighted by Crippen LogP contribution is 2.33. The molecule has 12 heteroatoms. The van der Waals surface area contributed by atoms with Gasteiger partial charge in [-0.2, -0.15) is 0 Å². The molecule has 0 fully saturated rings. The molecular formula is C35H42N8O4. The number of unbranched alkanes of at least 4 members (excludes halogenated alkanes) is 2. The molecule has 5 aromatic rings. The highest BCUT2D eigenvalue weighted by Gasteiger charge is 2.11. The second kappa shape index (κ2) is 16.4. The molecule has 0 saturated carbocycles. The summed E-state index contributed by atoms with van der Waals surface area (Å²) in [6.45, 7) is 1.42. The fraction of sp³-hybridized carbons (Fsp3) is 0.343. The summed E-state index contributed by atoms with van der Waals surface area (Å²) in [4.78, 5) is 50.7. The number of amides is 3. The van der Waals surface area contributed by atoms with Gasteiger partial charge in [0.2, 0.25) is 11.8 Å². The van der Waals surface area contributed by atoms with Crippen molar-refractivity contribution < 1.29 is 19.1 Å². The van der Waals surface area contributed by atoms with Gasteiger partial charge in [0.1, 0.15) is 11.6 Å². The van der Waals surface area contributed by atoms with E-state index in [1.807, 2.05) is 6.20 Å². The maximum Gasteiger partial charge on any atom is 0.407 e. The van der Waals surface area contributed by atoms with E-state index in [1.54, 1.807) is 7.05 Å². The van der Waals surface area contributed by atoms with Crippen LogP contribution in [0.15, 0.2) is 60.8 Å². The first-order valence-corrected chi connectivity index (χ1v) is 16.0. The number of carbonyl (C=O) groups excluding carboxylic acids is 3. The predicted octanol–water partition coefficient (Wildman–Crippen LogP) is 4.23. The summed E-state index contributed by atoms with van der Waals surface area (Å²) in [6.07, 6.45) is 6.34. The minimum Gasteiger partial charge on any atom is -0.453 e. The molecule has 0 aliphatic rings. The van der Waals surface area contributed by atoms with Crippen molar-refractivity contribution in [1.82, 2.24) is 41.2 Å². The molecule has 0 unspecified atom stereocenters. The Hall–Kier alpha value is -5.23. The number of rotatable bonds is 16. The Bertz CT molecular complexity index is 1830. The number of nitrogens with one attached hydrogen (secondary N) is 6. The molecule has 3 aromatic carbocycles. The molecule has 0 atom stereocenters. The van der Waals surface area contributed by atoms with Gasteiger partial charge in [-0.1, -0.05) is 36.4 Å². The summed E-state index contributed by atoms with van der Waals surface area (Å²) in [6, 6.07) is 19.2. The zero-order chi connectivity index (χ0) is 33.0. The first kappa shape index (κ1) is 33.1. The first-order valence-electron chi connectivity index (χ1n) is 16.0. The van der Waals surface area contributed by atoms with Crippen LogP contribution in [0.2, 0.25) is 0 Å². The highest BCUT2D eigenvalue weighted by molar-refractivity contribution is 5.99. The molecule has 0 spiro atoms. The number of hydrogen-bond donors (Lipinski definition) is 6. The van der Waals surface area contributed by atoms with Crippen molar-refractivity contribution in [3.8, 4) is 22.4 Å². The van der Waals surface area contributed by atoms with Crippen LogP contribution in [-0.2, 0) is 27.2 Å². The third-order valence-corrected chi connectivity index (χ3v) is 7.90. The van der Waals surface area contributed by atoms with E-state index in [9.17, 15) is 14.4 Å². The second-order valence-electron chi connectivity index (χ2n) is 11.4. The minimum absolute atomic E-state index is 0.0148. The smallest absolute Gasteiger partial charge is 0.407 e. The van der Waals surface area contributed by atoms with Gasteiger partial charge in [-0.05, 0) is 72.8 Å². The van der Waals surface area contributed by atoms with Crippen LogP contribution in [0.5, 0.6) is 0 Å². The Morgan fingerprint density at radius 1 is 0.787 bits per heavy atom. The topological polar surface area (TPSA) is 166 Å². The van der Waals surface area contributed by atoms with Gasteiger partial charge < -0.3 is 36.0 Å². The van der Waals surface area contributed by atoms with Crippen molar-refractivity contribution in [3.05, 3.63) is 72.4 Å². The van der Waals surface area contributed by atoms with E-state index in [0.717, 1.165) is 89.0 Å². The van der Waals surface area contributed by atoms with Gasteiger partial charge in [-0.25, -0.2) is 14.8 Å². The molecule has 0 bridgehead atoms. The molecule has 47 heavy (non-hydrogen) atoms. The fourth-order valence-electron chi connectivity index (χ4n) is 5.49. The van der Waals surface area contributed by atoms with Crippen LogP contribution in [0, 0.1) is 0 Å². The lowest BCUT2D eigenvalue weighted by Crippen LogP contribution is -2.37. The number of H-pyrrole nitrogens is 2. The van der Waals surface area contributed by atoms with E-state index in [1.165, 1.54) is 12.5 Å². The number of methoxy groups -OCH3 is 1. The number of likely N-dealkylation sites (N-methyl/N-ethyl adjacent to an activating group) is 1. The van der Waals surface area contributed by atoms with E-state index in [-0.39, 0.29) is 18.4 Å². The number of benzene rings is 3. The third kappa shape index (κ3) is 9.17. The summed E-state index contributed by atoms with van der Waals surface area (Å²) in [5, 5.41) is 13.2. The SMILES string of the molecule is CNCC(=O)NCCCCc1ncc(-c2ccc3c(-c4ccc5nc(CCCCNC(=O)CNC(=O)OC)[nH]c5c4)cccc3c2)[nH]1. The average Bonchev–Trinajstić information content (AvgIpc) is 3.73. The quantitative estimate of drug-likeness (QED) is 0.0880. The molecule has 0 saturated heterocycles. The van der Waals surface area contributed by atoms with E-state index in [2.05, 4.69) is 95.6 Å². The number of ether oxygens (including phenoxy) is 1. The number of hydrogen-bond acceptors (Lipinski definition) is 7. The molecular weight excluding hydrogens is 596 g/mol. The van der Waals surface area contributed by atoms with E-state index in [0.29, 0.717) is 19.6 Å². The Labute approximate surface area is 273 Å². The van der Waals surface area contributed by atoms with Crippen LogP contribution in [0.25, 0.3) is 44.2 Å². The first-order chi connectivity index (χ1) is 22.9. The lowest BCUT2D eigenvalue weighted by atomic mass is 9.96. The zero-order valence-corrected chi connectivity index (χ0v) is 26.9. The van der Waals surface area contributed by atoms with Crippen molar-refractivity contribution in [2.75, 3.05) is 40.3 Å². The number of aromatic amines is 2. The van der Waals surface area contributed by atoms with Crippen molar-refractivity contribution in [1.29, 1.82) is 0 Å². The van der Waals surface area contributed by atoms with Crippen LogP contribution in [0.1, 0.15) is 37.3 Å². The summed E-state index contributed by atoms with van der Waals surface area (Å²) >= 11 is 0. The van der Waals surface area contributed by atoms with Gasteiger partial charge in [-0.15, -0.1) is 0 Å². The van der Waals surface area contributed by atoms with Gasteiger partial charge in [0.05, 0.1) is 43.1 Å². The van der Waals surface area contributed by atoms with Crippen molar-refractivity contribution in [3.63, 3.8) is 0 Å². The number of imidazole rings is 2. The molecule has 2 heterocycles. The molecule has 2 aromatic heterocycles. The molecule has 246 valence electrons. The average molecular weight is 639 g/mol.